The standard InChI is InChI=1S/C18H29N3O2.HI/c1-14-7-8-16(17(11-14)23-10-4-9-22-2)13-21-18(19)20-12-15-5-3-6-15;/h7-8,11,15H,3-6,9-10,12-13H2,1-2H3,(H3,19,20,21);1H. The van der Waals surface area contributed by atoms with Crippen LogP contribution in [0.5, 0.6) is 5.75 Å². The summed E-state index contributed by atoms with van der Waals surface area (Å²) in [7, 11) is 1.70. The molecule has 0 unspecified atom stereocenters. The summed E-state index contributed by atoms with van der Waals surface area (Å²) in [6.45, 7) is 4.87. The van der Waals surface area contributed by atoms with Crippen LogP contribution in [0.1, 0.15) is 36.8 Å². The summed E-state index contributed by atoms with van der Waals surface area (Å²) in [5, 5.41) is 3.22. The molecule has 136 valence electrons. The Balaban J connectivity index is 0.00000288. The van der Waals surface area contributed by atoms with E-state index in [2.05, 4.69) is 35.4 Å². The van der Waals surface area contributed by atoms with Gasteiger partial charge in [0, 0.05) is 32.2 Å². The van der Waals surface area contributed by atoms with Crippen LogP contribution in [0.2, 0.25) is 0 Å². The van der Waals surface area contributed by atoms with E-state index in [1.54, 1.807) is 7.11 Å². The summed E-state index contributed by atoms with van der Waals surface area (Å²) in [4.78, 5) is 4.44. The van der Waals surface area contributed by atoms with Crippen LogP contribution in [0.3, 0.4) is 0 Å². The van der Waals surface area contributed by atoms with Crippen LogP contribution in [0.15, 0.2) is 23.2 Å². The van der Waals surface area contributed by atoms with Gasteiger partial charge in [0.1, 0.15) is 5.75 Å². The Kier molecular flexibility index (Phi) is 10.1. The molecule has 0 amide bonds. The van der Waals surface area contributed by atoms with Crippen LogP contribution in [0.25, 0.3) is 0 Å². The summed E-state index contributed by atoms with van der Waals surface area (Å²) < 4.78 is 10.9. The molecule has 0 radical (unpaired) electrons. The third-order valence-electron chi connectivity index (χ3n) is 4.19. The minimum absolute atomic E-state index is 0. The van der Waals surface area contributed by atoms with Gasteiger partial charge in [0.25, 0.3) is 0 Å². The van der Waals surface area contributed by atoms with E-state index in [-0.39, 0.29) is 24.0 Å². The number of rotatable bonds is 9. The molecule has 6 heteroatoms. The van der Waals surface area contributed by atoms with Gasteiger partial charge in [-0.05, 0) is 37.3 Å². The van der Waals surface area contributed by atoms with E-state index in [1.165, 1.54) is 24.8 Å². The number of nitrogens with one attached hydrogen (secondary N) is 1. The Labute approximate surface area is 162 Å². The van der Waals surface area contributed by atoms with Gasteiger partial charge >= 0.3 is 0 Å². The fourth-order valence-corrected chi connectivity index (χ4v) is 2.48. The van der Waals surface area contributed by atoms with E-state index < -0.39 is 0 Å². The number of hydrogen-bond acceptors (Lipinski definition) is 3. The van der Waals surface area contributed by atoms with Crippen molar-refractivity contribution in [1.29, 1.82) is 0 Å². The van der Waals surface area contributed by atoms with Crippen LogP contribution < -0.4 is 15.8 Å². The summed E-state index contributed by atoms with van der Waals surface area (Å²) in [5.74, 6) is 2.17. The van der Waals surface area contributed by atoms with Crippen molar-refractivity contribution in [1.82, 2.24) is 5.32 Å². The van der Waals surface area contributed by atoms with Crippen molar-refractivity contribution in [2.75, 3.05) is 26.9 Å². The Hall–Kier alpha value is -1.02. The molecule has 1 aliphatic carbocycles. The topological polar surface area (TPSA) is 68.9 Å². The first kappa shape index (κ1) is 21.0. The van der Waals surface area contributed by atoms with Gasteiger partial charge in [-0.25, -0.2) is 4.99 Å². The molecule has 1 saturated carbocycles. The van der Waals surface area contributed by atoms with Crippen LogP contribution in [-0.4, -0.2) is 32.8 Å². The maximum atomic E-state index is 5.95. The predicted octanol–water partition coefficient (Wildman–Crippen LogP) is 3.23. The third-order valence-corrected chi connectivity index (χ3v) is 4.19. The van der Waals surface area contributed by atoms with Gasteiger partial charge in [0.2, 0.25) is 0 Å². The Morgan fingerprint density at radius 2 is 2.12 bits per heavy atom. The zero-order valence-corrected chi connectivity index (χ0v) is 17.0. The highest BCUT2D eigenvalue weighted by molar-refractivity contribution is 14.0. The third kappa shape index (κ3) is 7.25. The second-order valence-electron chi connectivity index (χ2n) is 6.19. The second-order valence-corrected chi connectivity index (χ2v) is 6.19. The number of aliphatic imine (C=N–C) groups is 1. The highest BCUT2D eigenvalue weighted by atomic mass is 127. The van der Waals surface area contributed by atoms with Crippen molar-refractivity contribution in [3.8, 4) is 5.75 Å². The first-order chi connectivity index (χ1) is 11.2. The van der Waals surface area contributed by atoms with Gasteiger partial charge < -0.3 is 20.5 Å². The number of guanidine groups is 1. The quantitative estimate of drug-likeness (QED) is 0.264. The number of halogens is 1. The van der Waals surface area contributed by atoms with Gasteiger partial charge in [0.05, 0.1) is 13.2 Å². The summed E-state index contributed by atoms with van der Waals surface area (Å²) in [6, 6.07) is 6.18. The number of benzene rings is 1. The maximum absolute atomic E-state index is 5.95. The second kappa shape index (κ2) is 11.5. The van der Waals surface area contributed by atoms with Crippen LogP contribution in [0, 0.1) is 12.8 Å². The molecule has 0 bridgehead atoms. The van der Waals surface area contributed by atoms with Crippen molar-refractivity contribution >= 4 is 29.9 Å². The zero-order chi connectivity index (χ0) is 16.5. The maximum Gasteiger partial charge on any atom is 0.188 e. The normalized spacial score (nSPS) is 14.7. The fraction of sp³-hybridized carbons (Fsp3) is 0.611. The van der Waals surface area contributed by atoms with Crippen LogP contribution in [0.4, 0.5) is 0 Å². The summed E-state index contributed by atoms with van der Waals surface area (Å²) in [6.07, 6.45) is 4.82. The van der Waals surface area contributed by atoms with Gasteiger partial charge in [-0.2, -0.15) is 0 Å². The molecular formula is C18H30IN3O2. The molecule has 1 fully saturated rings. The average molecular weight is 447 g/mol. The fourth-order valence-electron chi connectivity index (χ4n) is 2.48. The lowest BCUT2D eigenvalue weighted by molar-refractivity contribution is 0.172. The van der Waals surface area contributed by atoms with Crippen LogP contribution in [-0.2, 0) is 11.3 Å². The van der Waals surface area contributed by atoms with Crippen LogP contribution >= 0.6 is 24.0 Å². The molecule has 24 heavy (non-hydrogen) atoms. The minimum Gasteiger partial charge on any atom is -0.493 e. The molecule has 1 aromatic rings. The van der Waals surface area contributed by atoms with E-state index in [0.717, 1.165) is 30.2 Å². The van der Waals surface area contributed by atoms with Crippen molar-refractivity contribution in [3.05, 3.63) is 29.3 Å². The predicted molar refractivity (Wildman–Crippen MR) is 109 cm³/mol. The molecule has 0 spiro atoms. The van der Waals surface area contributed by atoms with Gasteiger partial charge in [-0.15, -0.1) is 24.0 Å². The lowest BCUT2D eigenvalue weighted by atomic mass is 9.85. The molecular weight excluding hydrogens is 417 g/mol. The van der Waals surface area contributed by atoms with Gasteiger partial charge in [-0.3, -0.25) is 0 Å². The number of hydrogen-bond donors (Lipinski definition) is 2. The van der Waals surface area contributed by atoms with Gasteiger partial charge in [-0.1, -0.05) is 18.6 Å². The molecule has 0 aromatic heterocycles. The average Bonchev–Trinajstić information content (AvgIpc) is 2.49. The molecule has 5 nitrogen and oxygen atoms in total. The molecule has 0 saturated heterocycles. The van der Waals surface area contributed by atoms with Crippen molar-refractivity contribution < 1.29 is 9.47 Å². The molecule has 0 heterocycles. The lowest BCUT2D eigenvalue weighted by Crippen LogP contribution is -2.37. The summed E-state index contributed by atoms with van der Waals surface area (Å²) >= 11 is 0. The smallest absolute Gasteiger partial charge is 0.188 e. The van der Waals surface area contributed by atoms with Crippen molar-refractivity contribution in [2.45, 2.75) is 39.2 Å². The highest BCUT2D eigenvalue weighted by Crippen LogP contribution is 2.25. The Morgan fingerprint density at radius 1 is 1.33 bits per heavy atom. The number of methoxy groups -OCH3 is 1. The van der Waals surface area contributed by atoms with E-state index in [1.807, 2.05) is 0 Å². The first-order valence-electron chi connectivity index (χ1n) is 8.44. The molecule has 0 atom stereocenters. The largest absolute Gasteiger partial charge is 0.493 e. The van der Waals surface area contributed by atoms with Crippen molar-refractivity contribution in [3.63, 3.8) is 0 Å². The van der Waals surface area contributed by atoms with E-state index in [4.69, 9.17) is 15.2 Å². The number of aryl methyl sites for hydroxylation is 1. The molecule has 0 aliphatic heterocycles. The van der Waals surface area contributed by atoms with Gasteiger partial charge in [0.15, 0.2) is 5.96 Å². The SMILES string of the molecule is COCCCOc1cc(C)ccc1CN=C(N)NCC1CCC1.I. The van der Waals surface area contributed by atoms with E-state index in [9.17, 15) is 0 Å². The van der Waals surface area contributed by atoms with Crippen molar-refractivity contribution in [2.24, 2.45) is 16.6 Å². The monoisotopic (exact) mass is 447 g/mol. The van der Waals surface area contributed by atoms with E-state index >= 15 is 0 Å². The Bertz CT molecular complexity index is 519. The highest BCUT2D eigenvalue weighted by Gasteiger charge is 2.16. The Morgan fingerprint density at radius 3 is 2.79 bits per heavy atom. The number of ether oxygens (including phenoxy) is 2. The zero-order valence-electron chi connectivity index (χ0n) is 14.7. The molecule has 1 aliphatic rings. The molecule has 3 N–H and O–H groups in total. The first-order valence-corrected chi connectivity index (χ1v) is 8.44. The van der Waals surface area contributed by atoms with E-state index in [0.29, 0.717) is 25.7 Å². The minimum atomic E-state index is 0. The summed E-state index contributed by atoms with van der Waals surface area (Å²) in [5.41, 5.74) is 8.18. The molecule has 1 aromatic carbocycles. The lowest BCUT2D eigenvalue weighted by Gasteiger charge is -2.25. The number of nitrogens with two attached hydrogens (primary N) is 1. The number of nitrogens with zero attached hydrogens (tertiary/aromatic N) is 1. The molecule has 2 rings (SSSR count).